The summed E-state index contributed by atoms with van der Waals surface area (Å²) in [4.78, 5) is 47.8. The molecule has 4 aliphatic carbocycles. The zero-order valence-electron chi connectivity index (χ0n) is 28.6. The minimum atomic E-state index is -4.99. The number of carbonyl (C=O) groups excluding carboxylic acids is 1. The highest BCUT2D eigenvalue weighted by molar-refractivity contribution is 5.99. The summed E-state index contributed by atoms with van der Waals surface area (Å²) in [6, 6.07) is 7.83. The van der Waals surface area contributed by atoms with E-state index < -0.39 is 40.3 Å². The summed E-state index contributed by atoms with van der Waals surface area (Å²) in [6.07, 6.45) is 7.43. The molecule has 272 valence electrons. The average molecular weight is 716 g/mol. The Labute approximate surface area is 298 Å². The number of rotatable bonds is 6. The van der Waals surface area contributed by atoms with Crippen molar-refractivity contribution in [2.75, 3.05) is 42.6 Å². The van der Waals surface area contributed by atoms with Crippen molar-refractivity contribution in [3.8, 4) is 0 Å². The summed E-state index contributed by atoms with van der Waals surface area (Å²) in [5.41, 5.74) is -0.281. The summed E-state index contributed by atoms with van der Waals surface area (Å²) in [5.74, 6) is -1.62. The number of anilines is 3. The molecule has 4 bridgehead atoms. The first kappa shape index (κ1) is 33.3. The molecule has 0 atom stereocenters. The second-order valence-electron chi connectivity index (χ2n) is 15.6. The number of amides is 1. The third-order valence-electron chi connectivity index (χ3n) is 12.8. The molecule has 5 heterocycles. The molecule has 5 fully saturated rings. The van der Waals surface area contributed by atoms with Crippen LogP contribution in [0.2, 0.25) is 0 Å². The van der Waals surface area contributed by atoms with Gasteiger partial charge in [0.25, 0.3) is 5.91 Å². The lowest BCUT2D eigenvalue weighted by atomic mass is 9.48. The number of hydrogen-bond acceptors (Lipinski definition) is 9. The van der Waals surface area contributed by atoms with E-state index in [-0.39, 0.29) is 17.8 Å². The monoisotopic (exact) mass is 715 g/mol. The summed E-state index contributed by atoms with van der Waals surface area (Å²) in [7, 11) is 0. The van der Waals surface area contributed by atoms with Crippen LogP contribution in [0.5, 0.6) is 0 Å². The van der Waals surface area contributed by atoms with E-state index in [1.807, 2.05) is 12.1 Å². The van der Waals surface area contributed by atoms with Gasteiger partial charge in [-0.05, 0) is 110 Å². The van der Waals surface area contributed by atoms with E-state index in [0.29, 0.717) is 88.3 Å². The molecule has 1 saturated heterocycles. The Morgan fingerprint density at radius 1 is 0.962 bits per heavy atom. The number of aromatic nitrogens is 4. The first-order valence-corrected chi connectivity index (χ1v) is 18.3. The van der Waals surface area contributed by atoms with Crippen molar-refractivity contribution in [3.63, 3.8) is 0 Å². The van der Waals surface area contributed by atoms with Crippen molar-refractivity contribution in [3.05, 3.63) is 71.3 Å². The van der Waals surface area contributed by atoms with Crippen molar-refractivity contribution in [2.24, 2.45) is 23.7 Å². The molecule has 3 aliphatic heterocycles. The van der Waals surface area contributed by atoms with E-state index in [2.05, 4.69) is 42.3 Å². The van der Waals surface area contributed by atoms with Crippen LogP contribution in [0.3, 0.4) is 0 Å². The number of fused-ring (bicyclic) bond motifs is 2. The Hall–Kier alpha value is -4.59. The van der Waals surface area contributed by atoms with E-state index in [1.165, 1.54) is 0 Å². The molecule has 1 spiro atoms. The van der Waals surface area contributed by atoms with Gasteiger partial charge < -0.3 is 25.0 Å². The summed E-state index contributed by atoms with van der Waals surface area (Å²) in [5, 5.41) is 13.1. The number of carboxylic acids is 1. The lowest BCUT2D eigenvalue weighted by Gasteiger charge is -2.59. The molecule has 2 aromatic heterocycles. The quantitative estimate of drug-likeness (QED) is 0.323. The van der Waals surface area contributed by atoms with Gasteiger partial charge in [-0.1, -0.05) is 12.1 Å². The molecule has 0 unspecified atom stereocenters. The van der Waals surface area contributed by atoms with Gasteiger partial charge in [-0.25, -0.2) is 24.7 Å². The second kappa shape index (κ2) is 12.2. The normalized spacial score (nSPS) is 28.9. The molecule has 11 nitrogen and oxygen atoms in total. The highest BCUT2D eigenvalue weighted by Gasteiger charge is 2.62. The summed E-state index contributed by atoms with van der Waals surface area (Å²) >= 11 is 0. The zero-order chi connectivity index (χ0) is 35.8. The minimum Gasteiger partial charge on any atom is -0.479 e. The third-order valence-corrected chi connectivity index (χ3v) is 12.8. The molecule has 1 aromatic carbocycles. The molecular weight excluding hydrogens is 675 g/mol. The lowest BCUT2D eigenvalue weighted by Crippen LogP contribution is -2.70. The second-order valence-corrected chi connectivity index (χ2v) is 15.6. The highest BCUT2D eigenvalue weighted by atomic mass is 19.4. The number of benzene rings is 1. The number of nitrogens with one attached hydrogen (secondary N) is 1. The van der Waals surface area contributed by atoms with Gasteiger partial charge in [0.05, 0.1) is 5.56 Å². The summed E-state index contributed by atoms with van der Waals surface area (Å²) < 4.78 is 50.2. The van der Waals surface area contributed by atoms with Crippen LogP contribution < -0.4 is 15.1 Å². The number of aliphatic carboxylic acids is 1. The first-order valence-electron chi connectivity index (χ1n) is 18.3. The van der Waals surface area contributed by atoms with Gasteiger partial charge in [-0.3, -0.25) is 4.79 Å². The number of hydrogen-bond donors (Lipinski definition) is 2. The smallest absolute Gasteiger partial charge is 0.434 e. The largest absolute Gasteiger partial charge is 0.479 e. The van der Waals surface area contributed by atoms with Crippen molar-refractivity contribution in [1.82, 2.24) is 25.3 Å². The van der Waals surface area contributed by atoms with Crippen LogP contribution in [0, 0.1) is 23.7 Å². The van der Waals surface area contributed by atoms with Crippen LogP contribution in [0.4, 0.5) is 30.8 Å². The number of nitrogens with zero attached hydrogens (tertiary/aromatic N) is 6. The SMILES string of the molecule is O=C(NC1(C(=O)O)C2CC3CC(C2)CC1C3)c1cnc(N2CC3(CCOCC3)c3cc(C4=CCCN(c5ncccn5)C4)ccc32)nc1C(F)(F)F. The van der Waals surface area contributed by atoms with Gasteiger partial charge in [0.15, 0.2) is 5.69 Å². The van der Waals surface area contributed by atoms with E-state index in [4.69, 9.17) is 4.74 Å². The predicted octanol–water partition coefficient (Wildman–Crippen LogP) is 5.79. The fourth-order valence-electron chi connectivity index (χ4n) is 10.5. The van der Waals surface area contributed by atoms with E-state index in [0.717, 1.165) is 42.3 Å². The topological polar surface area (TPSA) is 134 Å². The predicted molar refractivity (Wildman–Crippen MR) is 184 cm³/mol. The van der Waals surface area contributed by atoms with Gasteiger partial charge in [-0.2, -0.15) is 13.2 Å². The van der Waals surface area contributed by atoms with Crippen LogP contribution in [0.15, 0.2) is 48.9 Å². The van der Waals surface area contributed by atoms with Crippen LogP contribution in [0.1, 0.15) is 78.5 Å². The Morgan fingerprint density at radius 3 is 2.35 bits per heavy atom. The zero-order valence-corrected chi connectivity index (χ0v) is 28.6. The molecule has 0 radical (unpaired) electrons. The Bertz CT molecular complexity index is 1920. The molecular formula is C38H40F3N7O4. The van der Waals surface area contributed by atoms with Crippen molar-refractivity contribution in [2.45, 2.75) is 68.5 Å². The highest BCUT2D eigenvalue weighted by Crippen LogP contribution is 2.58. The van der Waals surface area contributed by atoms with Crippen LogP contribution in [-0.2, 0) is 21.1 Å². The van der Waals surface area contributed by atoms with Gasteiger partial charge in [0.1, 0.15) is 5.54 Å². The molecule has 10 rings (SSSR count). The Balaban J connectivity index is 1.05. The maximum atomic E-state index is 14.8. The first-order chi connectivity index (χ1) is 25.0. The number of carboxylic acid groups (broad SMARTS) is 1. The fourth-order valence-corrected chi connectivity index (χ4v) is 10.5. The number of ether oxygens (including phenoxy) is 1. The number of alkyl halides is 3. The molecule has 52 heavy (non-hydrogen) atoms. The number of halogens is 3. The van der Waals surface area contributed by atoms with Gasteiger partial charge >= 0.3 is 12.1 Å². The molecule has 3 aromatic rings. The van der Waals surface area contributed by atoms with Gasteiger partial charge in [-0.15, -0.1) is 0 Å². The third kappa shape index (κ3) is 5.35. The standard InChI is InChI=1S/C38H40F3N7O4/c39-38(40,41)31-28(32(49)46-37(33(50)51)26-14-22-13-23(16-26)17-27(37)15-22)19-44-35(45-31)48-21-36(6-11-52-12-7-36)29-18-24(4-5-30(29)48)25-3-1-10-47(20-25)34-42-8-2-9-43-34/h2-5,8-9,18-19,22-23,26-27H,1,6-7,10-17,20-21H2,(H,46,49)(H,50,51). The molecule has 2 N–H and O–H groups in total. The lowest BCUT2D eigenvalue weighted by molar-refractivity contribution is -0.163. The molecule has 14 heteroatoms. The molecule has 7 aliphatic rings. The van der Waals surface area contributed by atoms with E-state index in [9.17, 15) is 27.9 Å². The van der Waals surface area contributed by atoms with Crippen LogP contribution >= 0.6 is 0 Å². The maximum absolute atomic E-state index is 14.8. The molecule has 4 saturated carbocycles. The van der Waals surface area contributed by atoms with Crippen LogP contribution in [0.25, 0.3) is 5.57 Å². The maximum Gasteiger partial charge on any atom is 0.434 e. The Morgan fingerprint density at radius 2 is 1.67 bits per heavy atom. The Kier molecular flexibility index (Phi) is 7.83. The number of carbonyl (C=O) groups is 2. The van der Waals surface area contributed by atoms with Crippen molar-refractivity contribution < 1.29 is 32.6 Å². The van der Waals surface area contributed by atoms with Gasteiger partial charge in [0.2, 0.25) is 11.9 Å². The van der Waals surface area contributed by atoms with Crippen LogP contribution in [-0.4, -0.2) is 75.3 Å². The van der Waals surface area contributed by atoms with E-state index in [1.54, 1.807) is 23.4 Å². The van der Waals surface area contributed by atoms with Crippen molar-refractivity contribution in [1.29, 1.82) is 0 Å². The van der Waals surface area contributed by atoms with Gasteiger partial charge in [0, 0.05) is 62.5 Å². The van der Waals surface area contributed by atoms with Crippen molar-refractivity contribution >= 4 is 35.0 Å². The minimum absolute atomic E-state index is 0.159. The fraction of sp³-hybridized carbons (Fsp3) is 0.526. The summed E-state index contributed by atoms with van der Waals surface area (Å²) in [6.45, 7) is 2.80. The van der Waals surface area contributed by atoms with E-state index >= 15 is 0 Å². The average Bonchev–Trinajstić information content (AvgIpc) is 3.45. The molecule has 1 amide bonds.